The molecule has 114 valence electrons. The van der Waals surface area contributed by atoms with Crippen LogP contribution >= 0.6 is 11.3 Å². The van der Waals surface area contributed by atoms with E-state index in [9.17, 15) is 5.11 Å². The lowest BCUT2D eigenvalue weighted by Gasteiger charge is -2.05. The van der Waals surface area contributed by atoms with Crippen LogP contribution < -0.4 is 5.32 Å². The maximum absolute atomic E-state index is 9.46. The van der Waals surface area contributed by atoms with Crippen LogP contribution in [0.15, 0.2) is 24.3 Å². The summed E-state index contributed by atoms with van der Waals surface area (Å²) in [6.45, 7) is 6.52. The van der Waals surface area contributed by atoms with E-state index in [4.69, 9.17) is 0 Å². The highest BCUT2D eigenvalue weighted by molar-refractivity contribution is 7.11. The van der Waals surface area contributed by atoms with Crippen LogP contribution in [0, 0.1) is 5.92 Å². The maximum Gasteiger partial charge on any atom is 0.121 e. The van der Waals surface area contributed by atoms with E-state index in [1.54, 1.807) is 23.5 Å². The number of rotatable bonds is 8. The minimum absolute atomic E-state index is 0.300. The summed E-state index contributed by atoms with van der Waals surface area (Å²) in [5.41, 5.74) is 1.07. The molecule has 0 saturated heterocycles. The molecule has 2 aromatic rings. The van der Waals surface area contributed by atoms with Gasteiger partial charge in [0.25, 0.3) is 0 Å². The van der Waals surface area contributed by atoms with Crippen LogP contribution in [-0.2, 0) is 12.8 Å². The summed E-state index contributed by atoms with van der Waals surface area (Å²) >= 11 is 1.67. The number of phenolic OH excluding ortho intramolecular Hbond substituents is 1. The SMILES string of the molecule is CC(C)CNCCCc1nnc(Cc2cccc(O)c2)s1. The van der Waals surface area contributed by atoms with E-state index >= 15 is 0 Å². The van der Waals surface area contributed by atoms with Gasteiger partial charge >= 0.3 is 0 Å². The van der Waals surface area contributed by atoms with Gasteiger partial charge in [-0.2, -0.15) is 0 Å². The molecule has 1 aromatic heterocycles. The Labute approximate surface area is 130 Å². The minimum atomic E-state index is 0.300. The van der Waals surface area contributed by atoms with Gasteiger partial charge in [0.2, 0.25) is 0 Å². The molecule has 0 aliphatic carbocycles. The zero-order chi connectivity index (χ0) is 15.1. The summed E-state index contributed by atoms with van der Waals surface area (Å²) in [5, 5.41) is 23.5. The summed E-state index contributed by atoms with van der Waals surface area (Å²) in [5.74, 6) is 0.994. The van der Waals surface area contributed by atoms with Gasteiger partial charge in [-0.1, -0.05) is 26.0 Å². The summed E-state index contributed by atoms with van der Waals surface area (Å²) in [4.78, 5) is 0. The summed E-state index contributed by atoms with van der Waals surface area (Å²) in [7, 11) is 0. The molecule has 0 atom stereocenters. The molecule has 21 heavy (non-hydrogen) atoms. The van der Waals surface area contributed by atoms with Crippen molar-refractivity contribution in [3.05, 3.63) is 39.8 Å². The Hall–Kier alpha value is -1.46. The fourth-order valence-corrected chi connectivity index (χ4v) is 2.98. The zero-order valence-electron chi connectivity index (χ0n) is 12.7. The molecule has 1 aromatic carbocycles. The van der Waals surface area contributed by atoms with Gasteiger partial charge in [-0.15, -0.1) is 21.5 Å². The quantitative estimate of drug-likeness (QED) is 0.736. The van der Waals surface area contributed by atoms with Crippen molar-refractivity contribution in [1.82, 2.24) is 15.5 Å². The van der Waals surface area contributed by atoms with Crippen LogP contribution in [0.25, 0.3) is 0 Å². The first kappa shape index (κ1) is 15.9. The van der Waals surface area contributed by atoms with E-state index in [-0.39, 0.29) is 0 Å². The Balaban J connectivity index is 1.76. The fourth-order valence-electron chi connectivity index (χ4n) is 2.06. The fraction of sp³-hybridized carbons (Fsp3) is 0.500. The number of nitrogens with zero attached hydrogens (tertiary/aromatic N) is 2. The molecule has 0 radical (unpaired) electrons. The number of hydrogen-bond donors (Lipinski definition) is 2. The Bertz CT molecular complexity index is 554. The largest absolute Gasteiger partial charge is 0.508 e. The lowest BCUT2D eigenvalue weighted by molar-refractivity contribution is 0.474. The van der Waals surface area contributed by atoms with Crippen molar-refractivity contribution in [3.8, 4) is 5.75 Å². The molecule has 0 saturated carbocycles. The Kier molecular flexibility index (Phi) is 6.14. The van der Waals surface area contributed by atoms with Crippen molar-refractivity contribution in [3.63, 3.8) is 0 Å². The number of nitrogens with one attached hydrogen (secondary N) is 1. The summed E-state index contributed by atoms with van der Waals surface area (Å²) in [6, 6.07) is 7.31. The molecule has 0 aliphatic rings. The predicted octanol–water partition coefficient (Wildman–Crippen LogP) is 3.01. The van der Waals surface area contributed by atoms with Crippen molar-refractivity contribution < 1.29 is 5.11 Å². The van der Waals surface area contributed by atoms with Crippen molar-refractivity contribution in [2.45, 2.75) is 33.1 Å². The number of aromatic hydroxyl groups is 1. The van der Waals surface area contributed by atoms with Gasteiger partial charge in [-0.05, 0) is 43.1 Å². The average molecular weight is 305 g/mol. The van der Waals surface area contributed by atoms with Crippen LogP contribution in [-0.4, -0.2) is 28.4 Å². The lowest BCUT2D eigenvalue weighted by atomic mass is 10.1. The van der Waals surface area contributed by atoms with Crippen molar-refractivity contribution in [2.24, 2.45) is 5.92 Å². The smallest absolute Gasteiger partial charge is 0.121 e. The first-order valence-corrected chi connectivity index (χ1v) is 8.25. The molecule has 0 unspecified atom stereocenters. The van der Waals surface area contributed by atoms with Gasteiger partial charge < -0.3 is 10.4 Å². The first-order chi connectivity index (χ1) is 10.1. The summed E-state index contributed by atoms with van der Waals surface area (Å²) < 4.78 is 0. The minimum Gasteiger partial charge on any atom is -0.508 e. The number of aryl methyl sites for hydroxylation is 1. The molecular formula is C16H23N3OS. The van der Waals surface area contributed by atoms with Gasteiger partial charge in [0, 0.05) is 12.8 Å². The molecule has 0 amide bonds. The highest BCUT2D eigenvalue weighted by Gasteiger charge is 2.06. The topological polar surface area (TPSA) is 58.0 Å². The second-order valence-corrected chi connectivity index (χ2v) is 6.78. The van der Waals surface area contributed by atoms with Gasteiger partial charge in [0.05, 0.1) is 0 Å². The number of benzene rings is 1. The second kappa shape index (κ2) is 8.10. The molecule has 0 fully saturated rings. The number of hydrogen-bond acceptors (Lipinski definition) is 5. The van der Waals surface area contributed by atoms with E-state index < -0.39 is 0 Å². The molecule has 2 rings (SSSR count). The van der Waals surface area contributed by atoms with E-state index in [1.807, 2.05) is 12.1 Å². The molecular weight excluding hydrogens is 282 g/mol. The van der Waals surface area contributed by atoms with Gasteiger partial charge in [-0.25, -0.2) is 0 Å². The first-order valence-electron chi connectivity index (χ1n) is 7.43. The molecule has 0 bridgehead atoms. The third-order valence-electron chi connectivity index (χ3n) is 3.07. The monoisotopic (exact) mass is 305 g/mol. The highest BCUT2D eigenvalue weighted by atomic mass is 32.1. The van der Waals surface area contributed by atoms with Gasteiger partial charge in [-0.3, -0.25) is 0 Å². The molecule has 0 aliphatic heterocycles. The van der Waals surface area contributed by atoms with Crippen LogP contribution in [0.1, 0.15) is 35.8 Å². The van der Waals surface area contributed by atoms with Gasteiger partial charge in [0.1, 0.15) is 15.8 Å². The van der Waals surface area contributed by atoms with Gasteiger partial charge in [0.15, 0.2) is 0 Å². The van der Waals surface area contributed by atoms with Crippen molar-refractivity contribution in [2.75, 3.05) is 13.1 Å². The second-order valence-electron chi connectivity index (χ2n) is 5.64. The van der Waals surface area contributed by atoms with Crippen LogP contribution in [0.4, 0.5) is 0 Å². The van der Waals surface area contributed by atoms with E-state index in [0.29, 0.717) is 11.7 Å². The normalized spacial score (nSPS) is 11.2. The van der Waals surface area contributed by atoms with Crippen LogP contribution in [0.2, 0.25) is 0 Å². The average Bonchev–Trinajstić information content (AvgIpc) is 2.85. The Morgan fingerprint density at radius 2 is 2.05 bits per heavy atom. The standard InChI is InChI=1S/C16H23N3OS/c1-12(2)11-17-8-4-7-15-18-19-16(21-15)10-13-5-3-6-14(20)9-13/h3,5-6,9,12,17,20H,4,7-8,10-11H2,1-2H3. The lowest BCUT2D eigenvalue weighted by Crippen LogP contribution is -2.21. The molecule has 4 nitrogen and oxygen atoms in total. The predicted molar refractivity (Wildman–Crippen MR) is 86.9 cm³/mol. The number of aromatic nitrogens is 2. The Morgan fingerprint density at radius 1 is 1.24 bits per heavy atom. The van der Waals surface area contributed by atoms with E-state index in [1.165, 1.54) is 0 Å². The summed E-state index contributed by atoms with van der Waals surface area (Å²) in [6.07, 6.45) is 2.80. The molecule has 1 heterocycles. The number of phenols is 1. The van der Waals surface area contributed by atoms with E-state index in [0.717, 1.165) is 47.9 Å². The third-order valence-corrected chi connectivity index (χ3v) is 4.05. The highest BCUT2D eigenvalue weighted by Crippen LogP contribution is 2.18. The van der Waals surface area contributed by atoms with E-state index in [2.05, 4.69) is 29.4 Å². The zero-order valence-corrected chi connectivity index (χ0v) is 13.5. The third kappa shape index (κ3) is 5.81. The molecule has 2 N–H and O–H groups in total. The van der Waals surface area contributed by atoms with Crippen molar-refractivity contribution >= 4 is 11.3 Å². The van der Waals surface area contributed by atoms with Crippen LogP contribution in [0.3, 0.4) is 0 Å². The maximum atomic E-state index is 9.46. The molecule has 0 spiro atoms. The van der Waals surface area contributed by atoms with Crippen LogP contribution in [0.5, 0.6) is 5.75 Å². The molecule has 5 heteroatoms. The Morgan fingerprint density at radius 3 is 2.81 bits per heavy atom. The van der Waals surface area contributed by atoms with Crippen molar-refractivity contribution in [1.29, 1.82) is 0 Å².